The lowest BCUT2D eigenvalue weighted by Crippen LogP contribution is -2.18. The number of nitrogens with zero attached hydrogens (tertiary/aromatic N) is 1. The molecule has 0 amide bonds. The molecule has 0 aliphatic carbocycles. The Morgan fingerprint density at radius 1 is 1.00 bits per heavy atom. The summed E-state index contributed by atoms with van der Waals surface area (Å²) in [4.78, 5) is 4.22. The number of anilines is 1. The van der Waals surface area contributed by atoms with E-state index < -0.39 is 0 Å². The van der Waals surface area contributed by atoms with E-state index in [1.54, 1.807) is 0 Å². The monoisotopic (exact) mass is 291 g/mol. The fraction of sp³-hybridized carbons (Fsp3) is 0.611. The van der Waals surface area contributed by atoms with Crippen molar-refractivity contribution in [2.24, 2.45) is 4.99 Å². The van der Waals surface area contributed by atoms with Gasteiger partial charge in [-0.2, -0.15) is 0 Å². The Kier molecular flexibility index (Phi) is 14.1. The van der Waals surface area contributed by atoms with Crippen LogP contribution in [0.4, 0.5) is 5.69 Å². The van der Waals surface area contributed by atoms with Crippen LogP contribution in [0.3, 0.4) is 0 Å². The molecule has 0 radical (unpaired) electrons. The van der Waals surface area contributed by atoms with Gasteiger partial charge in [0.2, 0.25) is 0 Å². The summed E-state index contributed by atoms with van der Waals surface area (Å²) in [6, 6.07) is 8.51. The predicted molar refractivity (Wildman–Crippen MR) is 96.5 cm³/mol. The van der Waals surface area contributed by atoms with Gasteiger partial charge < -0.3 is 10.6 Å². The van der Waals surface area contributed by atoms with Gasteiger partial charge in [-0.1, -0.05) is 39.3 Å². The van der Waals surface area contributed by atoms with Crippen molar-refractivity contribution >= 4 is 11.9 Å². The normalized spacial score (nSPS) is 10.3. The van der Waals surface area contributed by atoms with Crippen LogP contribution in [0.1, 0.15) is 52.5 Å². The molecule has 1 aromatic rings. The molecule has 120 valence electrons. The third kappa shape index (κ3) is 12.1. The number of rotatable bonds is 9. The highest BCUT2D eigenvalue weighted by atomic mass is 14.9. The molecule has 0 aromatic heterocycles. The highest BCUT2D eigenvalue weighted by Crippen LogP contribution is 2.10. The van der Waals surface area contributed by atoms with Crippen LogP contribution in [0.5, 0.6) is 0 Å². The molecule has 0 aliphatic rings. The smallest absolute Gasteiger partial charge is 0.0635 e. The maximum absolute atomic E-state index is 4.22. The number of hydrogen-bond donors (Lipinski definition) is 2. The van der Waals surface area contributed by atoms with Crippen LogP contribution in [-0.2, 0) is 6.54 Å². The zero-order chi connectivity index (χ0) is 15.8. The fourth-order valence-electron chi connectivity index (χ4n) is 1.67. The molecule has 0 atom stereocenters. The molecule has 21 heavy (non-hydrogen) atoms. The van der Waals surface area contributed by atoms with Crippen LogP contribution < -0.4 is 10.6 Å². The minimum absolute atomic E-state index is 0.776. The number of hydrogen-bond acceptors (Lipinski definition) is 3. The molecule has 2 N–H and O–H groups in total. The second-order valence-electron chi connectivity index (χ2n) is 5.03. The van der Waals surface area contributed by atoms with E-state index >= 15 is 0 Å². The summed E-state index contributed by atoms with van der Waals surface area (Å²) in [5.74, 6) is 0. The summed E-state index contributed by atoms with van der Waals surface area (Å²) < 4.78 is 0. The number of nitrogens with one attached hydrogen (secondary N) is 2. The average Bonchev–Trinajstić information content (AvgIpc) is 2.51. The van der Waals surface area contributed by atoms with Crippen molar-refractivity contribution in [2.45, 2.75) is 53.5 Å². The van der Waals surface area contributed by atoms with Gasteiger partial charge in [0.25, 0.3) is 0 Å². The first-order chi connectivity index (χ1) is 10.3. The van der Waals surface area contributed by atoms with E-state index in [4.69, 9.17) is 0 Å². The molecule has 0 saturated heterocycles. The van der Waals surface area contributed by atoms with Crippen LogP contribution in [0.25, 0.3) is 0 Å². The minimum atomic E-state index is 0.776. The van der Waals surface area contributed by atoms with Crippen molar-refractivity contribution in [1.29, 1.82) is 0 Å². The van der Waals surface area contributed by atoms with Gasteiger partial charge in [0.1, 0.15) is 0 Å². The Labute approximate surface area is 131 Å². The summed E-state index contributed by atoms with van der Waals surface area (Å²) in [6.45, 7) is 12.4. The Morgan fingerprint density at radius 2 is 1.67 bits per heavy atom. The molecule has 1 aromatic carbocycles. The van der Waals surface area contributed by atoms with Gasteiger partial charge in [-0.05, 0) is 56.8 Å². The predicted octanol–water partition coefficient (Wildman–Crippen LogP) is 4.50. The van der Waals surface area contributed by atoms with Crippen LogP contribution in [0.15, 0.2) is 29.3 Å². The van der Waals surface area contributed by atoms with Gasteiger partial charge in [0.15, 0.2) is 0 Å². The first kappa shape index (κ1) is 19.7. The van der Waals surface area contributed by atoms with Gasteiger partial charge in [-0.25, -0.2) is 0 Å². The first-order valence-corrected chi connectivity index (χ1v) is 8.26. The second kappa shape index (κ2) is 15.0. The molecular weight excluding hydrogens is 258 g/mol. The molecule has 3 nitrogen and oxygen atoms in total. The SMILES string of the molecule is CC=NCc1ccc(NCCCNCCC)cc1.CCC. The maximum atomic E-state index is 4.22. The van der Waals surface area contributed by atoms with Crippen molar-refractivity contribution < 1.29 is 0 Å². The van der Waals surface area contributed by atoms with E-state index in [9.17, 15) is 0 Å². The molecule has 0 heterocycles. The molecule has 0 unspecified atom stereocenters. The Morgan fingerprint density at radius 3 is 2.24 bits per heavy atom. The van der Waals surface area contributed by atoms with Gasteiger partial charge in [0, 0.05) is 12.2 Å². The third-order valence-electron chi connectivity index (χ3n) is 2.70. The molecule has 1 rings (SSSR count). The second-order valence-corrected chi connectivity index (χ2v) is 5.03. The zero-order valence-electron chi connectivity index (χ0n) is 14.3. The lowest BCUT2D eigenvalue weighted by atomic mass is 10.2. The van der Waals surface area contributed by atoms with Crippen molar-refractivity contribution in [1.82, 2.24) is 5.32 Å². The maximum Gasteiger partial charge on any atom is 0.0635 e. The Hall–Kier alpha value is -1.35. The van der Waals surface area contributed by atoms with E-state index in [0.717, 1.165) is 32.6 Å². The van der Waals surface area contributed by atoms with E-state index in [1.165, 1.54) is 24.1 Å². The van der Waals surface area contributed by atoms with E-state index in [-0.39, 0.29) is 0 Å². The van der Waals surface area contributed by atoms with E-state index in [0.29, 0.717) is 0 Å². The lowest BCUT2D eigenvalue weighted by Gasteiger charge is -2.07. The largest absolute Gasteiger partial charge is 0.385 e. The van der Waals surface area contributed by atoms with Crippen LogP contribution in [0, 0.1) is 0 Å². The Balaban J connectivity index is 0.00000122. The van der Waals surface area contributed by atoms with Crippen LogP contribution in [0.2, 0.25) is 0 Å². The van der Waals surface area contributed by atoms with E-state index in [1.807, 2.05) is 13.1 Å². The first-order valence-electron chi connectivity index (χ1n) is 8.26. The zero-order valence-corrected chi connectivity index (χ0v) is 14.3. The molecule has 0 aliphatic heterocycles. The topological polar surface area (TPSA) is 36.4 Å². The van der Waals surface area contributed by atoms with Crippen molar-refractivity contribution in [3.63, 3.8) is 0 Å². The quantitative estimate of drug-likeness (QED) is 0.519. The third-order valence-corrected chi connectivity index (χ3v) is 2.70. The highest BCUT2D eigenvalue weighted by molar-refractivity contribution is 5.53. The van der Waals surface area contributed by atoms with Crippen molar-refractivity contribution in [3.05, 3.63) is 29.8 Å². The van der Waals surface area contributed by atoms with Crippen LogP contribution >= 0.6 is 0 Å². The molecule has 0 saturated carbocycles. The van der Waals surface area contributed by atoms with E-state index in [2.05, 4.69) is 60.7 Å². The molecule has 0 fully saturated rings. The fourth-order valence-corrected chi connectivity index (χ4v) is 1.67. The average molecular weight is 291 g/mol. The standard InChI is InChI=1S/C15H25N3.C3H8/c1-3-10-17-11-5-12-18-15-8-6-14(7-9-15)13-16-4-2;1-3-2/h4,6-9,17-18H,3,5,10-13H2,1-2H3;3H2,1-2H3. The molecule has 3 heteroatoms. The summed E-state index contributed by atoms with van der Waals surface area (Å²) in [5, 5.41) is 6.82. The van der Waals surface area contributed by atoms with Crippen LogP contribution in [-0.4, -0.2) is 25.8 Å². The van der Waals surface area contributed by atoms with Gasteiger partial charge in [0.05, 0.1) is 6.54 Å². The molecule has 0 spiro atoms. The minimum Gasteiger partial charge on any atom is -0.385 e. The Bertz CT molecular complexity index is 344. The summed E-state index contributed by atoms with van der Waals surface area (Å²) in [6.07, 6.45) is 5.45. The highest BCUT2D eigenvalue weighted by Gasteiger charge is 1.93. The molecular formula is C18H33N3. The lowest BCUT2D eigenvalue weighted by molar-refractivity contribution is 0.652. The van der Waals surface area contributed by atoms with Gasteiger partial charge in [-0.3, -0.25) is 4.99 Å². The van der Waals surface area contributed by atoms with Gasteiger partial charge in [-0.15, -0.1) is 0 Å². The number of benzene rings is 1. The molecule has 0 bridgehead atoms. The number of aliphatic imine (C=N–C) groups is 1. The summed E-state index contributed by atoms with van der Waals surface area (Å²) >= 11 is 0. The summed E-state index contributed by atoms with van der Waals surface area (Å²) in [5.41, 5.74) is 2.44. The van der Waals surface area contributed by atoms with Crippen molar-refractivity contribution in [2.75, 3.05) is 25.0 Å². The summed E-state index contributed by atoms with van der Waals surface area (Å²) in [7, 11) is 0. The van der Waals surface area contributed by atoms with Crippen molar-refractivity contribution in [3.8, 4) is 0 Å². The van der Waals surface area contributed by atoms with Gasteiger partial charge >= 0.3 is 0 Å².